The SMILES string of the molecule is OCc1ccc(OCCc2cccc(Br)c2)cc1. The molecular weight excluding hydrogens is 292 g/mol. The van der Waals surface area contributed by atoms with Gasteiger partial charge in [-0.3, -0.25) is 0 Å². The number of ether oxygens (including phenoxy) is 1. The molecule has 94 valence electrons. The van der Waals surface area contributed by atoms with Crippen molar-refractivity contribution in [2.75, 3.05) is 6.61 Å². The summed E-state index contributed by atoms with van der Waals surface area (Å²) in [6.07, 6.45) is 0.876. The van der Waals surface area contributed by atoms with Crippen LogP contribution in [0.1, 0.15) is 11.1 Å². The molecule has 0 saturated heterocycles. The Morgan fingerprint density at radius 3 is 2.44 bits per heavy atom. The van der Waals surface area contributed by atoms with Crippen molar-refractivity contribution in [1.29, 1.82) is 0 Å². The van der Waals surface area contributed by atoms with Gasteiger partial charge in [0.2, 0.25) is 0 Å². The van der Waals surface area contributed by atoms with Crippen LogP contribution >= 0.6 is 15.9 Å². The zero-order valence-electron chi connectivity index (χ0n) is 9.97. The fourth-order valence-electron chi connectivity index (χ4n) is 1.67. The van der Waals surface area contributed by atoms with E-state index in [1.54, 1.807) is 0 Å². The van der Waals surface area contributed by atoms with E-state index in [4.69, 9.17) is 9.84 Å². The van der Waals surface area contributed by atoms with E-state index in [0.29, 0.717) is 6.61 Å². The van der Waals surface area contributed by atoms with E-state index in [1.165, 1.54) is 5.56 Å². The molecule has 2 aromatic rings. The van der Waals surface area contributed by atoms with Crippen LogP contribution in [0.25, 0.3) is 0 Å². The van der Waals surface area contributed by atoms with Crippen LogP contribution < -0.4 is 4.74 Å². The lowest BCUT2D eigenvalue weighted by Gasteiger charge is -2.07. The molecule has 0 heterocycles. The van der Waals surface area contributed by atoms with Crippen molar-refractivity contribution in [3.05, 3.63) is 64.1 Å². The van der Waals surface area contributed by atoms with Gasteiger partial charge in [-0.25, -0.2) is 0 Å². The molecular formula is C15H15BrO2. The maximum absolute atomic E-state index is 8.93. The van der Waals surface area contributed by atoms with Crippen molar-refractivity contribution >= 4 is 15.9 Å². The molecule has 0 aliphatic heterocycles. The van der Waals surface area contributed by atoms with Crippen molar-refractivity contribution < 1.29 is 9.84 Å². The minimum Gasteiger partial charge on any atom is -0.493 e. The molecule has 18 heavy (non-hydrogen) atoms. The van der Waals surface area contributed by atoms with Crippen molar-refractivity contribution in [3.8, 4) is 5.75 Å². The number of hydrogen-bond donors (Lipinski definition) is 1. The van der Waals surface area contributed by atoms with Gasteiger partial charge in [-0.2, -0.15) is 0 Å². The van der Waals surface area contributed by atoms with Crippen LogP contribution in [0.4, 0.5) is 0 Å². The first-order valence-corrected chi connectivity index (χ1v) is 6.64. The Hall–Kier alpha value is -1.32. The minimum absolute atomic E-state index is 0.0678. The predicted octanol–water partition coefficient (Wildman–Crippen LogP) is 3.56. The number of rotatable bonds is 5. The largest absolute Gasteiger partial charge is 0.493 e. The molecule has 0 atom stereocenters. The number of hydrogen-bond acceptors (Lipinski definition) is 2. The normalized spacial score (nSPS) is 10.3. The standard InChI is InChI=1S/C15H15BrO2/c16-14-3-1-2-12(10-14)8-9-18-15-6-4-13(11-17)5-7-15/h1-7,10,17H,8-9,11H2. The van der Waals surface area contributed by atoms with Crippen molar-refractivity contribution in [1.82, 2.24) is 0 Å². The lowest BCUT2D eigenvalue weighted by atomic mass is 10.2. The molecule has 2 nitrogen and oxygen atoms in total. The topological polar surface area (TPSA) is 29.5 Å². The highest BCUT2D eigenvalue weighted by Gasteiger charge is 1.97. The number of aliphatic hydroxyl groups is 1. The van der Waals surface area contributed by atoms with E-state index in [1.807, 2.05) is 36.4 Å². The average molecular weight is 307 g/mol. The maximum atomic E-state index is 8.93. The molecule has 0 aromatic heterocycles. The Bertz CT molecular complexity index is 494. The highest BCUT2D eigenvalue weighted by atomic mass is 79.9. The van der Waals surface area contributed by atoms with E-state index in [0.717, 1.165) is 22.2 Å². The van der Waals surface area contributed by atoms with Crippen molar-refractivity contribution in [2.45, 2.75) is 13.0 Å². The minimum atomic E-state index is 0.0678. The van der Waals surface area contributed by atoms with Crippen LogP contribution in [0.3, 0.4) is 0 Å². The van der Waals surface area contributed by atoms with Crippen molar-refractivity contribution in [3.63, 3.8) is 0 Å². The molecule has 1 N–H and O–H groups in total. The molecule has 0 radical (unpaired) electrons. The molecule has 2 rings (SSSR count). The molecule has 0 unspecified atom stereocenters. The smallest absolute Gasteiger partial charge is 0.119 e. The Labute approximate surface area is 115 Å². The third-order valence-corrected chi connectivity index (χ3v) is 3.15. The van der Waals surface area contributed by atoms with E-state index < -0.39 is 0 Å². The zero-order valence-corrected chi connectivity index (χ0v) is 11.6. The van der Waals surface area contributed by atoms with Crippen LogP contribution in [0.2, 0.25) is 0 Å². The number of halogens is 1. The van der Waals surface area contributed by atoms with Gasteiger partial charge in [0.25, 0.3) is 0 Å². The fraction of sp³-hybridized carbons (Fsp3) is 0.200. The first kappa shape index (κ1) is 13.1. The van der Waals surface area contributed by atoms with Crippen LogP contribution in [0.15, 0.2) is 53.0 Å². The third-order valence-electron chi connectivity index (χ3n) is 2.65. The van der Waals surface area contributed by atoms with E-state index >= 15 is 0 Å². The van der Waals surface area contributed by atoms with Gasteiger partial charge < -0.3 is 9.84 Å². The summed E-state index contributed by atoms with van der Waals surface area (Å²) in [5.41, 5.74) is 2.14. The molecule has 0 aliphatic rings. The van der Waals surface area contributed by atoms with Gasteiger partial charge in [0.15, 0.2) is 0 Å². The lowest BCUT2D eigenvalue weighted by Crippen LogP contribution is -2.01. The molecule has 0 fully saturated rings. The van der Waals surface area contributed by atoms with Gasteiger partial charge in [-0.1, -0.05) is 40.2 Å². The first-order valence-electron chi connectivity index (χ1n) is 5.85. The highest BCUT2D eigenvalue weighted by Crippen LogP contribution is 2.14. The average Bonchev–Trinajstić information content (AvgIpc) is 2.40. The van der Waals surface area contributed by atoms with Crippen LogP contribution in [-0.4, -0.2) is 11.7 Å². The van der Waals surface area contributed by atoms with Crippen LogP contribution in [0.5, 0.6) is 5.75 Å². The summed E-state index contributed by atoms with van der Waals surface area (Å²) >= 11 is 3.45. The van der Waals surface area contributed by atoms with Crippen LogP contribution in [0, 0.1) is 0 Å². The van der Waals surface area contributed by atoms with Gasteiger partial charge in [0.1, 0.15) is 5.75 Å². The quantitative estimate of drug-likeness (QED) is 0.915. The molecule has 0 bridgehead atoms. The molecule has 2 aromatic carbocycles. The zero-order chi connectivity index (χ0) is 12.8. The third kappa shape index (κ3) is 3.86. The van der Waals surface area contributed by atoms with E-state index in [2.05, 4.69) is 28.1 Å². The monoisotopic (exact) mass is 306 g/mol. The molecule has 0 spiro atoms. The number of aliphatic hydroxyl groups excluding tert-OH is 1. The van der Waals surface area contributed by atoms with Gasteiger partial charge in [0.05, 0.1) is 13.2 Å². The Kier molecular flexibility index (Phi) is 4.79. The maximum Gasteiger partial charge on any atom is 0.119 e. The summed E-state index contributed by atoms with van der Waals surface area (Å²) in [6, 6.07) is 15.7. The Morgan fingerprint density at radius 2 is 1.78 bits per heavy atom. The summed E-state index contributed by atoms with van der Waals surface area (Å²) in [6.45, 7) is 0.716. The summed E-state index contributed by atoms with van der Waals surface area (Å²) in [5.74, 6) is 0.835. The second-order valence-corrected chi connectivity index (χ2v) is 4.95. The van der Waals surface area contributed by atoms with E-state index in [-0.39, 0.29) is 6.61 Å². The summed E-state index contributed by atoms with van der Waals surface area (Å²) in [4.78, 5) is 0. The van der Waals surface area contributed by atoms with Gasteiger partial charge in [0, 0.05) is 10.9 Å². The van der Waals surface area contributed by atoms with E-state index in [9.17, 15) is 0 Å². The fourth-order valence-corrected chi connectivity index (χ4v) is 2.12. The second kappa shape index (κ2) is 6.57. The summed E-state index contributed by atoms with van der Waals surface area (Å²) in [7, 11) is 0. The van der Waals surface area contributed by atoms with Crippen molar-refractivity contribution in [2.24, 2.45) is 0 Å². The van der Waals surface area contributed by atoms with Gasteiger partial charge in [-0.05, 0) is 35.4 Å². The van der Waals surface area contributed by atoms with Gasteiger partial charge in [-0.15, -0.1) is 0 Å². The molecule has 3 heteroatoms. The summed E-state index contributed by atoms with van der Waals surface area (Å²) in [5, 5.41) is 8.93. The lowest BCUT2D eigenvalue weighted by molar-refractivity contribution is 0.281. The second-order valence-electron chi connectivity index (χ2n) is 4.03. The first-order chi connectivity index (χ1) is 8.78. The number of benzene rings is 2. The molecule has 0 saturated carbocycles. The summed E-state index contributed by atoms with van der Waals surface area (Å²) < 4.78 is 6.74. The molecule has 0 amide bonds. The van der Waals surface area contributed by atoms with Gasteiger partial charge >= 0.3 is 0 Å². The Morgan fingerprint density at radius 1 is 1.00 bits per heavy atom. The Balaban J connectivity index is 1.84. The molecule has 0 aliphatic carbocycles. The van der Waals surface area contributed by atoms with Crippen LogP contribution in [-0.2, 0) is 13.0 Å². The predicted molar refractivity (Wildman–Crippen MR) is 75.7 cm³/mol. The highest BCUT2D eigenvalue weighted by molar-refractivity contribution is 9.10.